The summed E-state index contributed by atoms with van der Waals surface area (Å²) in [5, 5.41) is 2.81. The van der Waals surface area contributed by atoms with Crippen LogP contribution in [-0.4, -0.2) is 39.8 Å². The van der Waals surface area contributed by atoms with E-state index in [9.17, 15) is 13.7 Å². The Morgan fingerprint density at radius 1 is 1.00 bits per heavy atom. The van der Waals surface area contributed by atoms with Crippen LogP contribution in [0.1, 0.15) is 51.3 Å². The third-order valence-corrected chi connectivity index (χ3v) is 8.35. The molecule has 1 amide bonds. The molecule has 0 unspecified atom stereocenters. The second kappa shape index (κ2) is 16.8. The lowest BCUT2D eigenvalue weighted by atomic mass is 9.99. The van der Waals surface area contributed by atoms with Gasteiger partial charge < -0.3 is 23.9 Å². The first kappa shape index (κ1) is 33.0. The third kappa shape index (κ3) is 9.54. The highest BCUT2D eigenvalue weighted by Crippen LogP contribution is 2.28. The fraction of sp³-hybridized carbons (Fsp3) is 0.314. The molecule has 4 rings (SSSR count). The number of nitrogens with zero attached hydrogens (tertiary/aromatic N) is 2. The molecular weight excluding hydrogens is 577 g/mol. The summed E-state index contributed by atoms with van der Waals surface area (Å²) < 4.78 is 41.0. The summed E-state index contributed by atoms with van der Waals surface area (Å²) in [6.45, 7) is 8.51. The van der Waals surface area contributed by atoms with Crippen LogP contribution in [0, 0.1) is 5.82 Å². The first-order valence-corrected chi connectivity index (χ1v) is 16.3. The van der Waals surface area contributed by atoms with Crippen molar-refractivity contribution in [3.63, 3.8) is 0 Å². The Labute approximate surface area is 262 Å². The monoisotopic (exact) mass is 617 g/mol. The Bertz CT molecular complexity index is 1520. The van der Waals surface area contributed by atoms with E-state index in [1.54, 1.807) is 55.8 Å². The SMILES string of the molecule is CCCCOCCOc1ccc(-c2ccc(F)c(/C(C)=C/C(=O)Nc3ccc([S@+]([O-])Cc4cncn4CCC)cc3)c2)cc1. The Balaban J connectivity index is 1.34. The second-order valence-corrected chi connectivity index (χ2v) is 11.9. The molecule has 1 heterocycles. The highest BCUT2D eigenvalue weighted by molar-refractivity contribution is 7.90. The number of anilines is 1. The zero-order valence-electron chi connectivity index (χ0n) is 25.6. The summed E-state index contributed by atoms with van der Waals surface area (Å²) >= 11 is -1.25. The first-order valence-electron chi connectivity index (χ1n) is 15.0. The Morgan fingerprint density at radius 3 is 2.48 bits per heavy atom. The van der Waals surface area contributed by atoms with Crippen molar-refractivity contribution in [1.29, 1.82) is 0 Å². The molecule has 0 aliphatic heterocycles. The number of unbranched alkanes of at least 4 members (excludes halogenated alkanes) is 1. The molecule has 1 aromatic heterocycles. The number of allylic oxidation sites excluding steroid dienone is 1. The molecule has 44 heavy (non-hydrogen) atoms. The van der Waals surface area contributed by atoms with Crippen LogP contribution in [0.15, 0.2) is 90.2 Å². The van der Waals surface area contributed by atoms with Gasteiger partial charge in [0.15, 0.2) is 10.6 Å². The molecule has 7 nitrogen and oxygen atoms in total. The molecule has 1 N–H and O–H groups in total. The molecule has 0 aliphatic carbocycles. The van der Waals surface area contributed by atoms with Crippen molar-refractivity contribution in [1.82, 2.24) is 9.55 Å². The number of imidazole rings is 1. The number of hydrogen-bond donors (Lipinski definition) is 1. The topological polar surface area (TPSA) is 88.4 Å². The normalized spacial score (nSPS) is 12.2. The molecule has 0 fully saturated rings. The third-order valence-electron chi connectivity index (χ3n) is 6.99. The number of aryl methyl sites for hydroxylation is 1. The molecule has 3 aromatic carbocycles. The summed E-state index contributed by atoms with van der Waals surface area (Å²) in [7, 11) is 0. The highest BCUT2D eigenvalue weighted by Gasteiger charge is 2.15. The van der Waals surface area contributed by atoms with E-state index in [4.69, 9.17) is 9.47 Å². The standard InChI is InChI=1S/C35H40FN3O4S/c1-4-6-18-42-19-20-43-31-12-7-27(8-13-31)28-9-16-34(36)33(22-28)26(3)21-35(40)38-29-10-14-32(15-11-29)44(41)24-30-23-37-25-39(30)17-5-2/h7-16,21-23,25H,4-6,17-20,24H2,1-3H3,(H,38,40)/b26-21+/t44-/m1/s1. The number of amides is 1. The van der Waals surface area contributed by atoms with Crippen LogP contribution in [0.4, 0.5) is 10.1 Å². The van der Waals surface area contributed by atoms with E-state index in [0.717, 1.165) is 55.0 Å². The second-order valence-electron chi connectivity index (χ2n) is 10.4. The zero-order chi connectivity index (χ0) is 31.3. The molecule has 0 aliphatic rings. The van der Waals surface area contributed by atoms with E-state index in [0.29, 0.717) is 40.7 Å². The van der Waals surface area contributed by atoms with E-state index < -0.39 is 17.0 Å². The fourth-order valence-electron chi connectivity index (χ4n) is 4.59. The number of ether oxygens (including phenoxy) is 2. The molecule has 9 heteroatoms. The number of benzene rings is 3. The van der Waals surface area contributed by atoms with Gasteiger partial charge in [-0.1, -0.05) is 38.5 Å². The van der Waals surface area contributed by atoms with E-state index in [-0.39, 0.29) is 5.91 Å². The van der Waals surface area contributed by atoms with Crippen LogP contribution in [0.5, 0.6) is 5.75 Å². The molecular formula is C35H40FN3O4S. The van der Waals surface area contributed by atoms with E-state index >= 15 is 0 Å². The molecule has 0 saturated heterocycles. The average Bonchev–Trinajstić information content (AvgIpc) is 3.46. The number of halogens is 1. The van der Waals surface area contributed by atoms with E-state index in [1.807, 2.05) is 28.8 Å². The molecule has 0 radical (unpaired) electrons. The molecule has 4 aromatic rings. The molecule has 0 bridgehead atoms. The number of hydrogen-bond acceptors (Lipinski definition) is 5. The van der Waals surface area contributed by atoms with E-state index in [2.05, 4.69) is 24.1 Å². The highest BCUT2D eigenvalue weighted by atomic mass is 32.2. The predicted octanol–water partition coefficient (Wildman–Crippen LogP) is 7.64. The number of nitrogens with one attached hydrogen (secondary N) is 1. The summed E-state index contributed by atoms with van der Waals surface area (Å²) in [4.78, 5) is 17.6. The van der Waals surface area contributed by atoms with Gasteiger partial charge in [-0.25, -0.2) is 9.37 Å². The summed E-state index contributed by atoms with van der Waals surface area (Å²) in [6, 6.07) is 19.4. The number of carbonyl (C=O) groups is 1. The largest absolute Gasteiger partial charge is 0.611 e. The van der Waals surface area contributed by atoms with Crippen molar-refractivity contribution in [3.8, 4) is 16.9 Å². The van der Waals surface area contributed by atoms with Crippen LogP contribution in [0.3, 0.4) is 0 Å². The van der Waals surface area contributed by atoms with Crippen molar-refractivity contribution in [2.45, 2.75) is 57.2 Å². The Hall–Kier alpha value is -3.92. The van der Waals surface area contributed by atoms with Crippen LogP contribution >= 0.6 is 0 Å². The number of carbonyl (C=O) groups excluding carboxylic acids is 1. The van der Waals surface area contributed by atoms with Gasteiger partial charge in [0.1, 0.15) is 18.2 Å². The van der Waals surface area contributed by atoms with Crippen molar-refractivity contribution < 1.29 is 23.2 Å². The van der Waals surface area contributed by atoms with Gasteiger partial charge in [-0.05, 0) is 96.2 Å². The molecule has 232 valence electrons. The lowest BCUT2D eigenvalue weighted by Gasteiger charge is -2.12. The predicted molar refractivity (Wildman–Crippen MR) is 174 cm³/mol. The summed E-state index contributed by atoms with van der Waals surface area (Å²) in [5.41, 5.74) is 4.04. The zero-order valence-corrected chi connectivity index (χ0v) is 26.4. The number of aromatic nitrogens is 2. The van der Waals surface area contributed by atoms with Crippen LogP contribution in [0.2, 0.25) is 0 Å². The maximum absolute atomic E-state index is 14.8. The lowest BCUT2D eigenvalue weighted by Crippen LogP contribution is -2.11. The average molecular weight is 618 g/mol. The van der Waals surface area contributed by atoms with Gasteiger partial charge in [0, 0.05) is 30.5 Å². The van der Waals surface area contributed by atoms with Gasteiger partial charge in [-0.15, -0.1) is 0 Å². The van der Waals surface area contributed by atoms with Gasteiger partial charge in [0.25, 0.3) is 0 Å². The number of rotatable bonds is 16. The molecule has 0 spiro atoms. The summed E-state index contributed by atoms with van der Waals surface area (Å²) in [6.07, 6.45) is 7.99. The maximum Gasteiger partial charge on any atom is 0.248 e. The van der Waals surface area contributed by atoms with Crippen molar-refractivity contribution >= 4 is 28.3 Å². The first-order chi connectivity index (χ1) is 21.4. The lowest BCUT2D eigenvalue weighted by molar-refractivity contribution is -0.111. The Morgan fingerprint density at radius 2 is 1.75 bits per heavy atom. The smallest absolute Gasteiger partial charge is 0.248 e. The minimum atomic E-state index is -1.25. The minimum absolute atomic E-state index is 0.343. The van der Waals surface area contributed by atoms with Gasteiger partial charge in [0.2, 0.25) is 5.91 Å². The van der Waals surface area contributed by atoms with Gasteiger partial charge in [-0.3, -0.25) is 4.79 Å². The van der Waals surface area contributed by atoms with Crippen molar-refractivity contribution in [3.05, 3.63) is 102 Å². The van der Waals surface area contributed by atoms with Crippen LogP contribution in [0.25, 0.3) is 16.7 Å². The van der Waals surface area contributed by atoms with Gasteiger partial charge in [0.05, 0.1) is 24.8 Å². The summed E-state index contributed by atoms with van der Waals surface area (Å²) in [5.74, 6) is 0.307. The van der Waals surface area contributed by atoms with E-state index in [1.165, 1.54) is 12.1 Å². The van der Waals surface area contributed by atoms with Crippen LogP contribution in [-0.2, 0) is 33.0 Å². The quantitative estimate of drug-likeness (QED) is 0.0793. The minimum Gasteiger partial charge on any atom is -0.611 e. The van der Waals surface area contributed by atoms with Crippen molar-refractivity contribution in [2.24, 2.45) is 0 Å². The fourth-order valence-corrected chi connectivity index (χ4v) is 5.70. The Kier molecular flexibility index (Phi) is 12.6. The van der Waals surface area contributed by atoms with Gasteiger partial charge >= 0.3 is 0 Å². The molecule has 1 atom stereocenters. The van der Waals surface area contributed by atoms with Crippen LogP contribution < -0.4 is 10.1 Å². The van der Waals surface area contributed by atoms with Gasteiger partial charge in [-0.2, -0.15) is 0 Å². The van der Waals surface area contributed by atoms with Crippen molar-refractivity contribution in [2.75, 3.05) is 25.1 Å². The molecule has 0 saturated carbocycles. The maximum atomic E-state index is 14.8.